The highest BCUT2D eigenvalue weighted by atomic mass is 35.5. The summed E-state index contributed by atoms with van der Waals surface area (Å²) >= 11 is 5.94. The molecule has 0 spiro atoms. The number of nitro groups is 1. The first-order valence-electron chi connectivity index (χ1n) is 5.75. The lowest BCUT2D eigenvalue weighted by molar-refractivity contribution is -0.384. The van der Waals surface area contributed by atoms with Crippen LogP contribution in [0, 0.1) is 10.1 Å². The topological polar surface area (TPSA) is 63.5 Å². The van der Waals surface area contributed by atoms with E-state index < -0.39 is 4.92 Å². The number of hydrogen-bond acceptors (Lipinski definition) is 3. The summed E-state index contributed by atoms with van der Waals surface area (Å²) in [4.78, 5) is 24.1. The third-order valence-electron chi connectivity index (χ3n) is 3.21. The normalized spacial score (nSPS) is 19.0. The highest BCUT2D eigenvalue weighted by molar-refractivity contribution is 6.34. The van der Waals surface area contributed by atoms with Crippen LogP contribution >= 0.6 is 11.6 Å². The Morgan fingerprint density at radius 3 is 2.78 bits per heavy atom. The van der Waals surface area contributed by atoms with Crippen LogP contribution in [0.2, 0.25) is 5.02 Å². The molecule has 18 heavy (non-hydrogen) atoms. The van der Waals surface area contributed by atoms with Crippen LogP contribution in [0.1, 0.15) is 30.1 Å². The molecule has 1 amide bonds. The minimum absolute atomic E-state index is 0.106. The summed E-state index contributed by atoms with van der Waals surface area (Å²) in [5.41, 5.74) is 0.224. The molecule has 0 aliphatic carbocycles. The van der Waals surface area contributed by atoms with E-state index in [4.69, 9.17) is 11.6 Å². The van der Waals surface area contributed by atoms with E-state index in [0.717, 1.165) is 12.8 Å². The predicted octanol–water partition coefficient (Wildman–Crippen LogP) is 2.87. The summed E-state index contributed by atoms with van der Waals surface area (Å²) in [6, 6.07) is 4.15. The molecule has 1 atom stereocenters. The number of benzene rings is 1. The van der Waals surface area contributed by atoms with Crippen LogP contribution in [0.3, 0.4) is 0 Å². The average Bonchev–Trinajstić information content (AvgIpc) is 2.74. The summed E-state index contributed by atoms with van der Waals surface area (Å²) < 4.78 is 0. The van der Waals surface area contributed by atoms with Crippen LogP contribution in [0.15, 0.2) is 18.2 Å². The molecule has 96 valence electrons. The number of hydrogen-bond donors (Lipinski definition) is 0. The van der Waals surface area contributed by atoms with Crippen molar-refractivity contribution in [2.75, 3.05) is 6.54 Å². The Labute approximate surface area is 109 Å². The van der Waals surface area contributed by atoms with Gasteiger partial charge in [0.1, 0.15) is 0 Å². The lowest BCUT2D eigenvalue weighted by atomic mass is 10.1. The van der Waals surface area contributed by atoms with Crippen molar-refractivity contribution in [3.8, 4) is 0 Å². The highest BCUT2D eigenvalue weighted by Crippen LogP contribution is 2.26. The highest BCUT2D eigenvalue weighted by Gasteiger charge is 2.27. The lowest BCUT2D eigenvalue weighted by Gasteiger charge is -2.21. The van der Waals surface area contributed by atoms with Gasteiger partial charge in [-0.15, -0.1) is 0 Å². The molecule has 5 nitrogen and oxygen atoms in total. The Morgan fingerprint density at radius 2 is 2.28 bits per heavy atom. The molecule has 1 fully saturated rings. The SMILES string of the molecule is CC1CCCN1C(=O)c1ccc([N+](=O)[O-])cc1Cl. The third-order valence-corrected chi connectivity index (χ3v) is 3.52. The Kier molecular flexibility index (Phi) is 3.52. The second kappa shape index (κ2) is 4.94. The number of rotatable bonds is 2. The first-order chi connectivity index (χ1) is 8.50. The second-order valence-electron chi connectivity index (χ2n) is 4.41. The molecule has 1 aromatic rings. The van der Waals surface area contributed by atoms with Gasteiger partial charge in [-0.25, -0.2) is 0 Å². The number of carbonyl (C=O) groups excluding carboxylic acids is 1. The van der Waals surface area contributed by atoms with Crippen LogP contribution in [-0.2, 0) is 0 Å². The van der Waals surface area contributed by atoms with Gasteiger partial charge in [0.2, 0.25) is 0 Å². The van der Waals surface area contributed by atoms with Crippen LogP contribution < -0.4 is 0 Å². The number of nitro benzene ring substituents is 1. The monoisotopic (exact) mass is 268 g/mol. The molecular formula is C12H13ClN2O3. The number of non-ortho nitro benzene ring substituents is 1. The fourth-order valence-corrected chi connectivity index (χ4v) is 2.44. The summed E-state index contributed by atoms with van der Waals surface area (Å²) in [5, 5.41) is 10.7. The number of amides is 1. The Balaban J connectivity index is 2.28. The minimum atomic E-state index is -0.529. The predicted molar refractivity (Wildman–Crippen MR) is 67.8 cm³/mol. The van der Waals surface area contributed by atoms with Gasteiger partial charge in [-0.3, -0.25) is 14.9 Å². The third kappa shape index (κ3) is 2.31. The second-order valence-corrected chi connectivity index (χ2v) is 4.82. The molecular weight excluding hydrogens is 256 g/mol. The Bertz CT molecular complexity index is 504. The molecule has 6 heteroatoms. The van der Waals surface area contributed by atoms with Crippen molar-refractivity contribution in [1.29, 1.82) is 0 Å². The fourth-order valence-electron chi connectivity index (χ4n) is 2.18. The molecule has 0 saturated carbocycles. The molecule has 2 rings (SSSR count). The lowest BCUT2D eigenvalue weighted by Crippen LogP contribution is -2.33. The van der Waals surface area contributed by atoms with Gasteiger partial charge in [-0.05, 0) is 25.8 Å². The van der Waals surface area contributed by atoms with Gasteiger partial charge in [0.05, 0.1) is 15.5 Å². The molecule has 0 N–H and O–H groups in total. The zero-order chi connectivity index (χ0) is 13.3. The number of carbonyl (C=O) groups is 1. The van der Waals surface area contributed by atoms with Crippen molar-refractivity contribution >= 4 is 23.2 Å². The standard InChI is InChI=1S/C12H13ClN2O3/c1-8-3-2-6-14(8)12(16)10-5-4-9(15(17)18)7-11(10)13/h4-5,7-8H,2-3,6H2,1H3. The maximum Gasteiger partial charge on any atom is 0.270 e. The van der Waals surface area contributed by atoms with E-state index in [1.807, 2.05) is 6.92 Å². The number of halogens is 1. The Hall–Kier alpha value is -1.62. The molecule has 1 aromatic carbocycles. The summed E-state index contributed by atoms with van der Waals surface area (Å²) in [7, 11) is 0. The van der Waals surface area contributed by atoms with Crippen LogP contribution in [0.5, 0.6) is 0 Å². The zero-order valence-corrected chi connectivity index (χ0v) is 10.7. The smallest absolute Gasteiger partial charge is 0.270 e. The van der Waals surface area contributed by atoms with E-state index in [2.05, 4.69) is 0 Å². The summed E-state index contributed by atoms with van der Waals surface area (Å²) in [6.07, 6.45) is 1.97. The molecule has 1 saturated heterocycles. The first-order valence-corrected chi connectivity index (χ1v) is 6.13. The molecule has 1 aliphatic heterocycles. The van der Waals surface area contributed by atoms with Gasteiger partial charge in [0.25, 0.3) is 11.6 Å². The van der Waals surface area contributed by atoms with Crippen molar-refractivity contribution in [2.45, 2.75) is 25.8 Å². The van der Waals surface area contributed by atoms with Crippen LogP contribution in [0.4, 0.5) is 5.69 Å². The van der Waals surface area contributed by atoms with E-state index >= 15 is 0 Å². The van der Waals surface area contributed by atoms with Crippen LogP contribution in [0.25, 0.3) is 0 Å². The molecule has 1 unspecified atom stereocenters. The number of nitrogens with zero attached hydrogens (tertiary/aromatic N) is 2. The van der Waals surface area contributed by atoms with Crippen molar-refractivity contribution in [3.63, 3.8) is 0 Å². The zero-order valence-electron chi connectivity index (χ0n) is 9.93. The van der Waals surface area contributed by atoms with Gasteiger partial charge in [0.15, 0.2) is 0 Å². The van der Waals surface area contributed by atoms with E-state index in [-0.39, 0.29) is 22.7 Å². The van der Waals surface area contributed by atoms with Crippen molar-refractivity contribution in [3.05, 3.63) is 38.9 Å². The molecule has 0 bridgehead atoms. The molecule has 0 radical (unpaired) electrons. The maximum absolute atomic E-state index is 12.2. The summed E-state index contributed by atoms with van der Waals surface area (Å²) in [6.45, 7) is 2.71. The minimum Gasteiger partial charge on any atom is -0.336 e. The fraction of sp³-hybridized carbons (Fsp3) is 0.417. The van der Waals surface area contributed by atoms with Gasteiger partial charge in [-0.2, -0.15) is 0 Å². The van der Waals surface area contributed by atoms with Crippen molar-refractivity contribution in [1.82, 2.24) is 4.90 Å². The van der Waals surface area contributed by atoms with E-state index in [9.17, 15) is 14.9 Å². The van der Waals surface area contributed by atoms with Crippen LogP contribution in [-0.4, -0.2) is 28.3 Å². The van der Waals surface area contributed by atoms with E-state index in [1.165, 1.54) is 18.2 Å². The van der Waals surface area contributed by atoms with Gasteiger partial charge < -0.3 is 4.90 Å². The van der Waals surface area contributed by atoms with Crippen molar-refractivity contribution in [2.24, 2.45) is 0 Å². The van der Waals surface area contributed by atoms with E-state index in [1.54, 1.807) is 4.90 Å². The molecule has 0 aromatic heterocycles. The van der Waals surface area contributed by atoms with Gasteiger partial charge >= 0.3 is 0 Å². The van der Waals surface area contributed by atoms with Gasteiger partial charge in [-0.1, -0.05) is 11.6 Å². The van der Waals surface area contributed by atoms with Gasteiger partial charge in [0, 0.05) is 24.7 Å². The summed E-state index contributed by atoms with van der Waals surface area (Å²) in [5.74, 6) is -0.153. The number of likely N-dealkylation sites (tertiary alicyclic amines) is 1. The average molecular weight is 269 g/mol. The maximum atomic E-state index is 12.2. The molecule has 1 heterocycles. The first kappa shape index (κ1) is 12.8. The Morgan fingerprint density at radius 1 is 1.56 bits per heavy atom. The quantitative estimate of drug-likeness (QED) is 0.612. The van der Waals surface area contributed by atoms with E-state index in [0.29, 0.717) is 12.1 Å². The van der Waals surface area contributed by atoms with Crippen molar-refractivity contribution < 1.29 is 9.72 Å². The largest absolute Gasteiger partial charge is 0.336 e. The molecule has 1 aliphatic rings.